The lowest BCUT2D eigenvalue weighted by Gasteiger charge is -2.34. The molecule has 0 aromatic heterocycles. The van der Waals surface area contributed by atoms with Crippen LogP contribution in [0.15, 0.2) is 0 Å². The molecule has 0 spiro atoms. The highest BCUT2D eigenvalue weighted by atomic mass is 16.6. The van der Waals surface area contributed by atoms with Gasteiger partial charge in [-0.25, -0.2) is 0 Å². The highest BCUT2D eigenvalue weighted by Gasteiger charge is 2.39. The van der Waals surface area contributed by atoms with Crippen molar-refractivity contribution in [3.63, 3.8) is 0 Å². The van der Waals surface area contributed by atoms with E-state index in [4.69, 9.17) is 9.47 Å². The van der Waals surface area contributed by atoms with Crippen molar-refractivity contribution < 1.29 is 14.3 Å². The molecule has 1 atom stereocenters. The van der Waals surface area contributed by atoms with Gasteiger partial charge in [0.05, 0.1) is 12.0 Å². The zero-order chi connectivity index (χ0) is 11.1. The fourth-order valence-electron chi connectivity index (χ4n) is 1.96. The molecule has 4 nitrogen and oxygen atoms in total. The van der Waals surface area contributed by atoms with Crippen molar-refractivity contribution in [3.05, 3.63) is 0 Å². The molecule has 0 amide bonds. The summed E-state index contributed by atoms with van der Waals surface area (Å²) in [6.07, 6.45) is 2.82. The molecule has 0 aliphatic carbocycles. The maximum absolute atomic E-state index is 11.9. The highest BCUT2D eigenvalue weighted by Crippen LogP contribution is 2.31. The molecule has 1 rings (SSSR count). The quantitative estimate of drug-likeness (QED) is 0.548. The summed E-state index contributed by atoms with van der Waals surface area (Å²) in [5.74, 6) is -0.0748. The normalized spacial score (nSPS) is 26.3. The van der Waals surface area contributed by atoms with Gasteiger partial charge in [-0.15, -0.1) is 0 Å². The third-order valence-corrected chi connectivity index (χ3v) is 3.10. The van der Waals surface area contributed by atoms with Crippen LogP contribution < -0.4 is 5.32 Å². The molecular weight excluding hydrogens is 194 g/mol. The van der Waals surface area contributed by atoms with Crippen LogP contribution in [0.25, 0.3) is 0 Å². The SMILES string of the molecule is CCC1(C(=O)OCCOC)CCCNC1. The van der Waals surface area contributed by atoms with Gasteiger partial charge in [0.25, 0.3) is 0 Å². The van der Waals surface area contributed by atoms with Crippen LogP contribution in [-0.4, -0.2) is 39.4 Å². The van der Waals surface area contributed by atoms with E-state index >= 15 is 0 Å². The van der Waals surface area contributed by atoms with Gasteiger partial charge in [-0.3, -0.25) is 4.79 Å². The largest absolute Gasteiger partial charge is 0.463 e. The summed E-state index contributed by atoms with van der Waals surface area (Å²) in [5.41, 5.74) is -0.300. The van der Waals surface area contributed by atoms with E-state index in [9.17, 15) is 4.79 Å². The van der Waals surface area contributed by atoms with Crippen molar-refractivity contribution in [1.82, 2.24) is 5.32 Å². The Morgan fingerprint density at radius 3 is 2.80 bits per heavy atom. The minimum atomic E-state index is -0.300. The Balaban J connectivity index is 2.45. The maximum Gasteiger partial charge on any atom is 0.313 e. The van der Waals surface area contributed by atoms with Gasteiger partial charge in [-0.2, -0.15) is 0 Å². The Hall–Kier alpha value is -0.610. The summed E-state index contributed by atoms with van der Waals surface area (Å²) >= 11 is 0. The average molecular weight is 215 g/mol. The van der Waals surface area contributed by atoms with E-state index in [1.54, 1.807) is 7.11 Å². The lowest BCUT2D eigenvalue weighted by atomic mass is 9.78. The summed E-state index contributed by atoms with van der Waals surface area (Å²) < 4.78 is 10.1. The molecule has 88 valence electrons. The number of esters is 1. The van der Waals surface area contributed by atoms with E-state index in [0.717, 1.165) is 32.4 Å². The predicted octanol–water partition coefficient (Wildman–Crippen LogP) is 0.956. The molecule has 1 aliphatic rings. The molecule has 1 unspecified atom stereocenters. The average Bonchev–Trinajstić information content (AvgIpc) is 2.30. The second-order valence-electron chi connectivity index (χ2n) is 4.04. The number of rotatable bonds is 5. The molecular formula is C11H21NO3. The summed E-state index contributed by atoms with van der Waals surface area (Å²) in [7, 11) is 1.60. The van der Waals surface area contributed by atoms with Crippen molar-refractivity contribution in [2.45, 2.75) is 26.2 Å². The highest BCUT2D eigenvalue weighted by molar-refractivity contribution is 5.77. The first-order chi connectivity index (χ1) is 7.25. The number of carbonyl (C=O) groups excluding carboxylic acids is 1. The fourth-order valence-corrected chi connectivity index (χ4v) is 1.96. The molecule has 1 aliphatic heterocycles. The number of hydrogen-bond donors (Lipinski definition) is 1. The summed E-state index contributed by atoms with van der Waals surface area (Å²) in [4.78, 5) is 11.9. The smallest absolute Gasteiger partial charge is 0.313 e. The van der Waals surface area contributed by atoms with Gasteiger partial charge >= 0.3 is 5.97 Å². The third kappa shape index (κ3) is 3.18. The molecule has 0 radical (unpaired) electrons. The van der Waals surface area contributed by atoms with E-state index in [2.05, 4.69) is 5.32 Å². The zero-order valence-electron chi connectivity index (χ0n) is 9.67. The molecule has 1 saturated heterocycles. The summed E-state index contributed by atoms with van der Waals surface area (Å²) in [5, 5.41) is 3.27. The van der Waals surface area contributed by atoms with Crippen LogP contribution in [0.2, 0.25) is 0 Å². The van der Waals surface area contributed by atoms with Crippen molar-refractivity contribution in [2.75, 3.05) is 33.4 Å². The first kappa shape index (κ1) is 12.5. The van der Waals surface area contributed by atoms with Crippen molar-refractivity contribution in [3.8, 4) is 0 Å². The van der Waals surface area contributed by atoms with Gasteiger partial charge in [-0.05, 0) is 25.8 Å². The molecule has 0 aromatic rings. The molecule has 15 heavy (non-hydrogen) atoms. The van der Waals surface area contributed by atoms with Crippen molar-refractivity contribution in [1.29, 1.82) is 0 Å². The molecule has 1 heterocycles. The minimum Gasteiger partial charge on any atom is -0.463 e. The number of ether oxygens (including phenoxy) is 2. The first-order valence-electron chi connectivity index (χ1n) is 5.62. The molecule has 1 fully saturated rings. The molecule has 0 saturated carbocycles. The molecule has 0 aromatic carbocycles. The van der Waals surface area contributed by atoms with Gasteiger partial charge in [-0.1, -0.05) is 6.92 Å². The number of nitrogens with one attached hydrogen (secondary N) is 1. The number of carbonyl (C=O) groups is 1. The first-order valence-corrected chi connectivity index (χ1v) is 5.62. The van der Waals surface area contributed by atoms with Gasteiger partial charge in [0.15, 0.2) is 0 Å². The Morgan fingerprint density at radius 1 is 1.47 bits per heavy atom. The number of hydrogen-bond acceptors (Lipinski definition) is 4. The second-order valence-corrected chi connectivity index (χ2v) is 4.04. The van der Waals surface area contributed by atoms with Gasteiger partial charge in [0.2, 0.25) is 0 Å². The van der Waals surface area contributed by atoms with Crippen LogP contribution in [-0.2, 0) is 14.3 Å². The van der Waals surface area contributed by atoms with Gasteiger partial charge < -0.3 is 14.8 Å². The summed E-state index contributed by atoms with van der Waals surface area (Å²) in [6, 6.07) is 0. The van der Waals surface area contributed by atoms with E-state index < -0.39 is 0 Å². The van der Waals surface area contributed by atoms with Crippen LogP contribution in [0.3, 0.4) is 0 Å². The zero-order valence-corrected chi connectivity index (χ0v) is 9.67. The fraction of sp³-hybridized carbons (Fsp3) is 0.909. The van der Waals surface area contributed by atoms with E-state index in [1.807, 2.05) is 6.92 Å². The Labute approximate surface area is 91.3 Å². The predicted molar refractivity (Wildman–Crippen MR) is 57.7 cm³/mol. The molecule has 0 bridgehead atoms. The van der Waals surface area contributed by atoms with Gasteiger partial charge in [0, 0.05) is 13.7 Å². The van der Waals surface area contributed by atoms with Gasteiger partial charge in [0.1, 0.15) is 6.61 Å². The topological polar surface area (TPSA) is 47.6 Å². The second kappa shape index (κ2) is 6.08. The molecule has 1 N–H and O–H groups in total. The lowest BCUT2D eigenvalue weighted by Crippen LogP contribution is -2.46. The number of piperidine rings is 1. The standard InChI is InChI=1S/C11H21NO3/c1-3-11(5-4-6-12-9-11)10(13)15-8-7-14-2/h12H,3-9H2,1-2H3. The summed E-state index contributed by atoms with van der Waals surface area (Å²) in [6.45, 7) is 4.63. The maximum atomic E-state index is 11.9. The Kier molecular flexibility index (Phi) is 5.05. The van der Waals surface area contributed by atoms with Crippen LogP contribution in [0.5, 0.6) is 0 Å². The van der Waals surface area contributed by atoms with Crippen LogP contribution in [0, 0.1) is 5.41 Å². The van der Waals surface area contributed by atoms with E-state index in [0.29, 0.717) is 13.2 Å². The van der Waals surface area contributed by atoms with Crippen molar-refractivity contribution >= 4 is 5.97 Å². The Bertz CT molecular complexity index is 200. The lowest BCUT2D eigenvalue weighted by molar-refractivity contribution is -0.158. The van der Waals surface area contributed by atoms with Crippen LogP contribution in [0.1, 0.15) is 26.2 Å². The third-order valence-electron chi connectivity index (χ3n) is 3.10. The van der Waals surface area contributed by atoms with Crippen LogP contribution in [0.4, 0.5) is 0 Å². The van der Waals surface area contributed by atoms with E-state index in [-0.39, 0.29) is 11.4 Å². The van der Waals surface area contributed by atoms with Crippen molar-refractivity contribution in [2.24, 2.45) is 5.41 Å². The van der Waals surface area contributed by atoms with E-state index in [1.165, 1.54) is 0 Å². The Morgan fingerprint density at radius 2 is 2.27 bits per heavy atom. The minimum absolute atomic E-state index is 0.0748. The monoisotopic (exact) mass is 215 g/mol. The number of methoxy groups -OCH3 is 1. The van der Waals surface area contributed by atoms with Crippen LogP contribution >= 0.6 is 0 Å². The molecule has 4 heteroatoms.